The van der Waals surface area contributed by atoms with Gasteiger partial charge in [-0.1, -0.05) is 24.3 Å². The molecule has 0 atom stereocenters. The van der Waals surface area contributed by atoms with Crippen LogP contribution < -0.4 is 10.0 Å². The number of halogens is 1. The number of aliphatic imine (C=N–C) groups is 1. The summed E-state index contributed by atoms with van der Waals surface area (Å²) in [4.78, 5) is 10.2. The SMILES string of the molecule is CN=C(NCCNS(=O)(=O)c1cccnc1)N(C)Cc1ccccc1C.I. The highest BCUT2D eigenvalue weighted by molar-refractivity contribution is 14.0. The van der Waals surface area contributed by atoms with Gasteiger partial charge in [-0.25, -0.2) is 13.1 Å². The molecule has 148 valence electrons. The van der Waals surface area contributed by atoms with Crippen molar-refractivity contribution < 1.29 is 8.42 Å². The average Bonchev–Trinajstić information content (AvgIpc) is 2.64. The Hall–Kier alpha value is -1.72. The van der Waals surface area contributed by atoms with E-state index >= 15 is 0 Å². The van der Waals surface area contributed by atoms with Crippen LogP contribution in [0.15, 0.2) is 58.7 Å². The van der Waals surface area contributed by atoms with Crippen LogP contribution in [0.4, 0.5) is 0 Å². The first-order valence-corrected chi connectivity index (χ1v) is 9.78. The van der Waals surface area contributed by atoms with Crippen molar-refractivity contribution in [1.29, 1.82) is 0 Å². The molecule has 0 spiro atoms. The van der Waals surface area contributed by atoms with Crippen LogP contribution in [0.25, 0.3) is 0 Å². The predicted octanol–water partition coefficient (Wildman–Crippen LogP) is 1.99. The van der Waals surface area contributed by atoms with E-state index in [4.69, 9.17) is 0 Å². The maximum absolute atomic E-state index is 12.1. The van der Waals surface area contributed by atoms with E-state index in [0.29, 0.717) is 19.0 Å². The van der Waals surface area contributed by atoms with Gasteiger partial charge in [-0.15, -0.1) is 24.0 Å². The van der Waals surface area contributed by atoms with Gasteiger partial charge in [0.2, 0.25) is 10.0 Å². The van der Waals surface area contributed by atoms with Crippen molar-refractivity contribution in [2.75, 3.05) is 27.2 Å². The lowest BCUT2D eigenvalue weighted by molar-refractivity contribution is 0.475. The molecular weight excluding hydrogens is 477 g/mol. The lowest BCUT2D eigenvalue weighted by Crippen LogP contribution is -2.42. The maximum Gasteiger partial charge on any atom is 0.242 e. The maximum atomic E-state index is 12.1. The van der Waals surface area contributed by atoms with Gasteiger partial charge in [0, 0.05) is 46.1 Å². The fourth-order valence-corrected chi connectivity index (χ4v) is 3.45. The smallest absolute Gasteiger partial charge is 0.242 e. The largest absolute Gasteiger partial charge is 0.355 e. The number of guanidine groups is 1. The molecule has 0 aliphatic carbocycles. The fourth-order valence-electron chi connectivity index (χ4n) is 2.45. The van der Waals surface area contributed by atoms with E-state index in [0.717, 1.165) is 0 Å². The zero-order valence-corrected chi connectivity index (χ0v) is 18.9. The molecule has 1 aromatic carbocycles. The van der Waals surface area contributed by atoms with Gasteiger partial charge in [0.15, 0.2) is 5.96 Å². The molecule has 2 N–H and O–H groups in total. The number of rotatable bonds is 7. The number of pyridine rings is 1. The third kappa shape index (κ3) is 7.07. The quantitative estimate of drug-likeness (QED) is 0.261. The highest BCUT2D eigenvalue weighted by Gasteiger charge is 2.13. The monoisotopic (exact) mass is 503 g/mol. The van der Waals surface area contributed by atoms with Crippen molar-refractivity contribution in [3.8, 4) is 0 Å². The summed E-state index contributed by atoms with van der Waals surface area (Å²) in [6.45, 7) is 3.46. The molecule has 0 saturated heterocycles. The summed E-state index contributed by atoms with van der Waals surface area (Å²) in [6.07, 6.45) is 2.86. The van der Waals surface area contributed by atoms with E-state index in [9.17, 15) is 8.42 Å². The first-order valence-electron chi connectivity index (χ1n) is 8.30. The summed E-state index contributed by atoms with van der Waals surface area (Å²) >= 11 is 0. The first kappa shape index (κ1) is 23.3. The molecule has 1 heterocycles. The molecule has 0 amide bonds. The van der Waals surface area contributed by atoms with E-state index in [-0.39, 0.29) is 35.4 Å². The van der Waals surface area contributed by atoms with Crippen LogP contribution in [0.3, 0.4) is 0 Å². The minimum atomic E-state index is -3.55. The van der Waals surface area contributed by atoms with E-state index in [1.807, 2.05) is 24.1 Å². The van der Waals surface area contributed by atoms with Crippen molar-refractivity contribution in [1.82, 2.24) is 19.9 Å². The van der Waals surface area contributed by atoms with Crippen LogP contribution in [-0.2, 0) is 16.6 Å². The number of nitrogens with one attached hydrogen (secondary N) is 2. The summed E-state index contributed by atoms with van der Waals surface area (Å²) < 4.78 is 26.8. The summed E-state index contributed by atoms with van der Waals surface area (Å²) in [6, 6.07) is 11.3. The van der Waals surface area contributed by atoms with Gasteiger partial charge in [0.1, 0.15) is 4.90 Å². The molecule has 0 unspecified atom stereocenters. The zero-order chi connectivity index (χ0) is 19.0. The van der Waals surface area contributed by atoms with Gasteiger partial charge in [0.25, 0.3) is 0 Å². The Morgan fingerprint density at radius 2 is 1.93 bits per heavy atom. The van der Waals surface area contributed by atoms with E-state index in [2.05, 4.69) is 39.1 Å². The Bertz CT molecular complexity index is 844. The van der Waals surface area contributed by atoms with Crippen molar-refractivity contribution in [2.45, 2.75) is 18.4 Å². The number of aryl methyl sites for hydroxylation is 1. The van der Waals surface area contributed by atoms with Crippen molar-refractivity contribution >= 4 is 40.0 Å². The first-order chi connectivity index (χ1) is 12.4. The van der Waals surface area contributed by atoms with Crippen LogP contribution in [0, 0.1) is 6.92 Å². The third-order valence-electron chi connectivity index (χ3n) is 3.89. The van der Waals surface area contributed by atoms with Crippen LogP contribution in [0.5, 0.6) is 0 Å². The van der Waals surface area contributed by atoms with Crippen LogP contribution in [0.1, 0.15) is 11.1 Å². The second kappa shape index (κ2) is 11.2. The van der Waals surface area contributed by atoms with Crippen molar-refractivity contribution in [3.63, 3.8) is 0 Å². The molecule has 0 aliphatic rings. The Balaban J connectivity index is 0.00000364. The predicted molar refractivity (Wildman–Crippen MR) is 119 cm³/mol. The Morgan fingerprint density at radius 3 is 2.56 bits per heavy atom. The second-order valence-electron chi connectivity index (χ2n) is 5.84. The topological polar surface area (TPSA) is 86.7 Å². The highest BCUT2D eigenvalue weighted by Crippen LogP contribution is 2.09. The molecular formula is C18H26IN5O2S. The Labute approximate surface area is 178 Å². The number of nitrogens with zero attached hydrogens (tertiary/aromatic N) is 3. The number of hydrogen-bond acceptors (Lipinski definition) is 4. The third-order valence-corrected chi connectivity index (χ3v) is 5.33. The number of aromatic nitrogens is 1. The summed E-state index contributed by atoms with van der Waals surface area (Å²) in [5.41, 5.74) is 2.44. The van der Waals surface area contributed by atoms with Gasteiger partial charge in [-0.05, 0) is 30.2 Å². The summed E-state index contributed by atoms with van der Waals surface area (Å²) in [7, 11) is 0.106. The molecule has 9 heteroatoms. The molecule has 0 bridgehead atoms. The highest BCUT2D eigenvalue weighted by atomic mass is 127. The molecule has 1 aromatic heterocycles. The standard InChI is InChI=1S/C18H25N5O2S.HI/c1-15-7-4-5-8-16(15)14-23(3)18(19-2)21-11-12-22-26(24,25)17-9-6-10-20-13-17;/h4-10,13,22H,11-12,14H2,1-3H3,(H,19,21);1H. The fraction of sp³-hybridized carbons (Fsp3) is 0.333. The normalized spacial score (nSPS) is 11.6. The summed E-state index contributed by atoms with van der Waals surface area (Å²) in [5.74, 6) is 0.703. The van der Waals surface area contributed by atoms with Gasteiger partial charge in [0.05, 0.1) is 0 Å². The minimum absolute atomic E-state index is 0. The number of sulfonamides is 1. The average molecular weight is 503 g/mol. The Morgan fingerprint density at radius 1 is 1.19 bits per heavy atom. The zero-order valence-electron chi connectivity index (χ0n) is 15.7. The molecule has 0 aliphatic heterocycles. The van der Waals surface area contributed by atoms with Crippen molar-refractivity contribution in [3.05, 3.63) is 59.9 Å². The van der Waals surface area contributed by atoms with Gasteiger partial charge >= 0.3 is 0 Å². The molecule has 0 radical (unpaired) electrons. The number of benzene rings is 1. The van der Waals surface area contributed by atoms with E-state index < -0.39 is 10.0 Å². The Kier molecular flexibility index (Phi) is 9.67. The van der Waals surface area contributed by atoms with E-state index in [1.165, 1.54) is 29.6 Å². The lowest BCUT2D eigenvalue weighted by atomic mass is 10.1. The van der Waals surface area contributed by atoms with Gasteiger partial charge < -0.3 is 10.2 Å². The molecule has 2 rings (SSSR count). The van der Waals surface area contributed by atoms with Gasteiger partial charge in [-0.2, -0.15) is 0 Å². The minimum Gasteiger partial charge on any atom is -0.355 e. The van der Waals surface area contributed by atoms with Crippen LogP contribution >= 0.6 is 24.0 Å². The second-order valence-corrected chi connectivity index (χ2v) is 7.61. The van der Waals surface area contributed by atoms with Crippen LogP contribution in [-0.4, -0.2) is 51.4 Å². The summed E-state index contributed by atoms with van der Waals surface area (Å²) in [5, 5.41) is 3.17. The van der Waals surface area contributed by atoms with E-state index in [1.54, 1.807) is 13.1 Å². The lowest BCUT2D eigenvalue weighted by Gasteiger charge is -2.23. The molecule has 0 fully saturated rings. The molecule has 0 saturated carbocycles. The van der Waals surface area contributed by atoms with Crippen LogP contribution in [0.2, 0.25) is 0 Å². The van der Waals surface area contributed by atoms with Gasteiger partial charge in [-0.3, -0.25) is 9.98 Å². The molecule has 7 nitrogen and oxygen atoms in total. The number of hydrogen-bond donors (Lipinski definition) is 2. The van der Waals surface area contributed by atoms with Crippen molar-refractivity contribution in [2.24, 2.45) is 4.99 Å². The molecule has 2 aromatic rings. The molecule has 27 heavy (non-hydrogen) atoms.